The van der Waals surface area contributed by atoms with Crippen LogP contribution in [0.4, 0.5) is 5.82 Å². The van der Waals surface area contributed by atoms with Crippen molar-refractivity contribution in [1.29, 1.82) is 5.26 Å². The minimum atomic E-state index is -0.146. The third-order valence-corrected chi connectivity index (χ3v) is 4.98. The van der Waals surface area contributed by atoms with Gasteiger partial charge in [0.2, 0.25) is 11.8 Å². The molecule has 4 unspecified atom stereocenters. The van der Waals surface area contributed by atoms with Crippen LogP contribution in [-0.4, -0.2) is 40.0 Å². The standard InChI is InChI=1S/C16H15N5O2/c17-8-11-3-4-12(20-19-11)18-5-6-21-15(22)13-9-1-2-10(7-9)14(13)16(21)23/h1-4,9-10,13-14H,5-7H2,(H,18,20). The Morgan fingerprint density at radius 1 is 1.17 bits per heavy atom. The van der Waals surface area contributed by atoms with E-state index >= 15 is 0 Å². The van der Waals surface area contributed by atoms with E-state index in [2.05, 4.69) is 27.7 Å². The highest BCUT2D eigenvalue weighted by Gasteiger charge is 2.58. The van der Waals surface area contributed by atoms with E-state index in [-0.39, 0.29) is 41.2 Å². The summed E-state index contributed by atoms with van der Waals surface area (Å²) >= 11 is 0. The van der Waals surface area contributed by atoms with Crippen molar-refractivity contribution in [3.63, 3.8) is 0 Å². The molecule has 3 aliphatic rings. The van der Waals surface area contributed by atoms with E-state index in [4.69, 9.17) is 5.26 Å². The van der Waals surface area contributed by atoms with E-state index in [9.17, 15) is 9.59 Å². The fraction of sp³-hybridized carbons (Fsp3) is 0.438. The Bertz CT molecular complexity index is 706. The number of likely N-dealkylation sites (tertiary alicyclic amines) is 1. The van der Waals surface area contributed by atoms with Gasteiger partial charge in [-0.3, -0.25) is 14.5 Å². The number of anilines is 1. The Hall–Kier alpha value is -2.75. The summed E-state index contributed by atoms with van der Waals surface area (Å²) in [7, 11) is 0. The molecule has 2 bridgehead atoms. The van der Waals surface area contributed by atoms with Gasteiger partial charge in [-0.1, -0.05) is 12.2 Å². The molecule has 1 aliphatic heterocycles. The van der Waals surface area contributed by atoms with Crippen LogP contribution in [0.1, 0.15) is 12.1 Å². The zero-order valence-electron chi connectivity index (χ0n) is 12.3. The molecule has 2 fully saturated rings. The van der Waals surface area contributed by atoms with Crippen molar-refractivity contribution in [2.45, 2.75) is 6.42 Å². The molecule has 1 saturated carbocycles. The molecule has 7 heteroatoms. The third-order valence-electron chi connectivity index (χ3n) is 4.98. The van der Waals surface area contributed by atoms with Crippen LogP contribution in [0.25, 0.3) is 0 Å². The van der Waals surface area contributed by atoms with Crippen molar-refractivity contribution >= 4 is 17.6 Å². The van der Waals surface area contributed by atoms with Gasteiger partial charge in [0.25, 0.3) is 0 Å². The summed E-state index contributed by atoms with van der Waals surface area (Å²) in [6.45, 7) is 0.742. The number of carbonyl (C=O) groups excluding carboxylic acids is 2. The van der Waals surface area contributed by atoms with Crippen LogP contribution >= 0.6 is 0 Å². The molecular weight excluding hydrogens is 294 g/mol. The molecule has 1 aromatic rings. The second kappa shape index (κ2) is 5.16. The number of nitrogens with one attached hydrogen (secondary N) is 1. The first kappa shape index (κ1) is 13.9. The van der Waals surface area contributed by atoms with Gasteiger partial charge in [-0.2, -0.15) is 5.26 Å². The topological polar surface area (TPSA) is 99.0 Å². The predicted molar refractivity (Wildman–Crippen MR) is 79.7 cm³/mol. The Balaban J connectivity index is 1.37. The number of nitriles is 1. The number of amides is 2. The van der Waals surface area contributed by atoms with Crippen molar-refractivity contribution in [3.05, 3.63) is 30.0 Å². The number of imide groups is 1. The minimum absolute atomic E-state index is 0.0374. The van der Waals surface area contributed by atoms with E-state index in [0.717, 1.165) is 6.42 Å². The van der Waals surface area contributed by atoms with Gasteiger partial charge in [0.15, 0.2) is 5.69 Å². The molecule has 2 aliphatic carbocycles. The van der Waals surface area contributed by atoms with Crippen LogP contribution in [0.5, 0.6) is 0 Å². The number of hydrogen-bond donors (Lipinski definition) is 1. The Kier molecular flexibility index (Phi) is 3.11. The SMILES string of the molecule is N#Cc1ccc(NCCN2C(=O)C3C4C=CC(C4)C3C2=O)nn1. The Morgan fingerprint density at radius 3 is 2.43 bits per heavy atom. The molecule has 116 valence electrons. The van der Waals surface area contributed by atoms with E-state index in [0.29, 0.717) is 18.9 Å². The van der Waals surface area contributed by atoms with Crippen LogP contribution < -0.4 is 5.32 Å². The molecule has 1 saturated heterocycles. The smallest absolute Gasteiger partial charge is 0.233 e. The lowest BCUT2D eigenvalue weighted by atomic mass is 9.85. The largest absolute Gasteiger partial charge is 0.367 e. The van der Waals surface area contributed by atoms with Gasteiger partial charge in [0.1, 0.15) is 11.9 Å². The first-order valence-electron chi connectivity index (χ1n) is 7.70. The summed E-state index contributed by atoms with van der Waals surface area (Å²) in [4.78, 5) is 26.4. The highest BCUT2D eigenvalue weighted by Crippen LogP contribution is 2.52. The van der Waals surface area contributed by atoms with Crippen molar-refractivity contribution in [3.8, 4) is 6.07 Å². The second-order valence-corrected chi connectivity index (χ2v) is 6.17. The number of carbonyl (C=O) groups is 2. The van der Waals surface area contributed by atoms with Crippen molar-refractivity contribution < 1.29 is 9.59 Å². The number of fused-ring (bicyclic) bond motifs is 5. The molecule has 23 heavy (non-hydrogen) atoms. The van der Waals surface area contributed by atoms with Crippen LogP contribution in [-0.2, 0) is 9.59 Å². The summed E-state index contributed by atoms with van der Waals surface area (Å²) in [6, 6.07) is 5.11. The van der Waals surface area contributed by atoms with Crippen LogP contribution in [0.3, 0.4) is 0 Å². The third kappa shape index (κ3) is 2.10. The van der Waals surface area contributed by atoms with Gasteiger partial charge in [0.05, 0.1) is 11.8 Å². The first-order chi connectivity index (χ1) is 11.2. The van der Waals surface area contributed by atoms with E-state index in [1.165, 1.54) is 4.90 Å². The minimum Gasteiger partial charge on any atom is -0.367 e. The fourth-order valence-electron chi connectivity index (χ4n) is 3.97. The summed E-state index contributed by atoms with van der Waals surface area (Å²) in [5, 5.41) is 19.3. The number of hydrogen-bond acceptors (Lipinski definition) is 6. The van der Waals surface area contributed by atoms with Gasteiger partial charge >= 0.3 is 0 Å². The quantitative estimate of drug-likeness (QED) is 0.645. The van der Waals surface area contributed by atoms with Crippen LogP contribution in [0.2, 0.25) is 0 Å². The van der Waals surface area contributed by atoms with Gasteiger partial charge in [-0.05, 0) is 30.4 Å². The van der Waals surface area contributed by atoms with Gasteiger partial charge in [-0.15, -0.1) is 10.2 Å². The molecule has 4 atom stereocenters. The molecule has 7 nitrogen and oxygen atoms in total. The van der Waals surface area contributed by atoms with E-state index in [1.54, 1.807) is 12.1 Å². The highest BCUT2D eigenvalue weighted by atomic mass is 16.2. The number of rotatable bonds is 4. The predicted octanol–water partition coefficient (Wildman–Crippen LogP) is 0.567. The molecule has 2 heterocycles. The monoisotopic (exact) mass is 309 g/mol. The maximum absolute atomic E-state index is 12.5. The molecule has 0 aromatic carbocycles. The molecule has 0 spiro atoms. The lowest BCUT2D eigenvalue weighted by Crippen LogP contribution is -2.36. The Morgan fingerprint density at radius 2 is 1.87 bits per heavy atom. The van der Waals surface area contributed by atoms with E-state index in [1.807, 2.05) is 6.07 Å². The maximum Gasteiger partial charge on any atom is 0.233 e. The van der Waals surface area contributed by atoms with Gasteiger partial charge in [0, 0.05) is 13.1 Å². The van der Waals surface area contributed by atoms with Crippen molar-refractivity contribution in [1.82, 2.24) is 15.1 Å². The lowest BCUT2D eigenvalue weighted by Gasteiger charge is -2.17. The molecule has 4 rings (SSSR count). The number of nitrogens with zero attached hydrogens (tertiary/aromatic N) is 4. The summed E-state index contributed by atoms with van der Waals surface area (Å²) in [5.74, 6) is 0.631. The fourth-order valence-corrected chi connectivity index (χ4v) is 3.97. The first-order valence-corrected chi connectivity index (χ1v) is 7.70. The summed E-state index contributed by atoms with van der Waals surface area (Å²) < 4.78 is 0. The second-order valence-electron chi connectivity index (χ2n) is 6.17. The molecule has 2 amide bonds. The molecule has 1 aromatic heterocycles. The zero-order valence-corrected chi connectivity index (χ0v) is 12.3. The number of aromatic nitrogens is 2. The average molecular weight is 309 g/mol. The normalized spacial score (nSPS) is 30.7. The zero-order chi connectivity index (χ0) is 16.0. The number of allylic oxidation sites excluding steroid dienone is 2. The Labute approximate surface area is 133 Å². The average Bonchev–Trinajstić information content (AvgIpc) is 3.25. The summed E-state index contributed by atoms with van der Waals surface area (Å²) in [5.41, 5.74) is 0.247. The van der Waals surface area contributed by atoms with Crippen molar-refractivity contribution in [2.75, 3.05) is 18.4 Å². The maximum atomic E-state index is 12.5. The van der Waals surface area contributed by atoms with Crippen molar-refractivity contribution in [2.24, 2.45) is 23.7 Å². The van der Waals surface area contributed by atoms with Crippen LogP contribution in [0, 0.1) is 35.0 Å². The lowest BCUT2D eigenvalue weighted by molar-refractivity contribution is -0.140. The van der Waals surface area contributed by atoms with Crippen LogP contribution in [0.15, 0.2) is 24.3 Å². The van der Waals surface area contributed by atoms with Gasteiger partial charge in [-0.25, -0.2) is 0 Å². The summed E-state index contributed by atoms with van der Waals surface area (Å²) in [6.07, 6.45) is 5.12. The molecule has 1 N–H and O–H groups in total. The van der Waals surface area contributed by atoms with Gasteiger partial charge < -0.3 is 5.32 Å². The van der Waals surface area contributed by atoms with E-state index < -0.39 is 0 Å². The molecule has 0 radical (unpaired) electrons. The highest BCUT2D eigenvalue weighted by molar-refractivity contribution is 6.06. The molecular formula is C16H15N5O2.